The summed E-state index contributed by atoms with van der Waals surface area (Å²) >= 11 is 0. The molecule has 0 atom stereocenters. The SMILES string of the molecule is CO[SiH](OC)OCCCCCCCc1ccc(F)cc1F. The zero-order valence-electron chi connectivity index (χ0n) is 12.7. The Morgan fingerprint density at radius 2 is 1.62 bits per heavy atom. The Hall–Kier alpha value is -0.823. The van der Waals surface area contributed by atoms with Gasteiger partial charge >= 0.3 is 9.53 Å². The molecule has 3 nitrogen and oxygen atoms in total. The van der Waals surface area contributed by atoms with E-state index in [-0.39, 0.29) is 0 Å². The number of hydrogen-bond donors (Lipinski definition) is 0. The predicted octanol–water partition coefficient (Wildman–Crippen LogP) is 3.48. The minimum absolute atomic E-state index is 0.446. The molecule has 1 aromatic rings. The summed E-state index contributed by atoms with van der Waals surface area (Å²) in [5.74, 6) is -0.969. The molecule has 0 saturated heterocycles. The van der Waals surface area contributed by atoms with Crippen molar-refractivity contribution in [3.63, 3.8) is 0 Å². The van der Waals surface area contributed by atoms with E-state index in [0.717, 1.165) is 38.2 Å². The first-order chi connectivity index (χ1) is 10.2. The molecule has 0 fully saturated rings. The predicted molar refractivity (Wildman–Crippen MR) is 80.3 cm³/mol. The smallest absolute Gasteiger partial charge is 0.379 e. The molecule has 6 heteroatoms. The van der Waals surface area contributed by atoms with E-state index >= 15 is 0 Å². The van der Waals surface area contributed by atoms with Gasteiger partial charge in [-0.2, -0.15) is 0 Å². The molecule has 0 aliphatic carbocycles. The Balaban J connectivity index is 2.02. The molecule has 0 unspecified atom stereocenters. The van der Waals surface area contributed by atoms with Gasteiger partial charge in [-0.05, 0) is 30.9 Å². The summed E-state index contributed by atoms with van der Waals surface area (Å²) in [4.78, 5) is 0. The largest absolute Gasteiger partial charge is 0.483 e. The normalized spacial score (nSPS) is 11.3. The molecule has 0 aliphatic heterocycles. The lowest BCUT2D eigenvalue weighted by molar-refractivity contribution is 0.133. The molecule has 0 bridgehead atoms. The second kappa shape index (κ2) is 10.8. The van der Waals surface area contributed by atoms with Crippen molar-refractivity contribution < 1.29 is 22.1 Å². The Morgan fingerprint density at radius 1 is 0.952 bits per heavy atom. The zero-order valence-corrected chi connectivity index (χ0v) is 13.9. The lowest BCUT2D eigenvalue weighted by atomic mass is 10.1. The summed E-state index contributed by atoms with van der Waals surface area (Å²) in [6.07, 6.45) is 5.73. The standard InChI is InChI=1S/C15H24F2O3Si/c1-18-21(19-2)20-11-7-5-3-4-6-8-13-9-10-14(16)12-15(13)17/h9-10,12,21H,3-8,11H2,1-2H3. The number of hydrogen-bond acceptors (Lipinski definition) is 3. The van der Waals surface area contributed by atoms with E-state index in [9.17, 15) is 8.78 Å². The molecule has 1 rings (SSSR count). The van der Waals surface area contributed by atoms with Crippen molar-refractivity contribution in [3.8, 4) is 0 Å². The van der Waals surface area contributed by atoms with Gasteiger partial charge in [0.25, 0.3) is 0 Å². The van der Waals surface area contributed by atoms with Crippen molar-refractivity contribution in [2.75, 3.05) is 20.8 Å². The number of halogens is 2. The van der Waals surface area contributed by atoms with E-state index in [1.165, 1.54) is 12.1 Å². The number of aryl methyl sites for hydroxylation is 1. The lowest BCUT2D eigenvalue weighted by Gasteiger charge is -2.11. The lowest BCUT2D eigenvalue weighted by Crippen LogP contribution is -2.24. The Kier molecular flexibility index (Phi) is 9.41. The van der Waals surface area contributed by atoms with Crippen LogP contribution in [0.15, 0.2) is 18.2 Å². The molecule has 0 spiro atoms. The van der Waals surface area contributed by atoms with Crippen LogP contribution in [0.25, 0.3) is 0 Å². The fraction of sp³-hybridized carbons (Fsp3) is 0.600. The van der Waals surface area contributed by atoms with Crippen LogP contribution in [0, 0.1) is 11.6 Å². The first-order valence-electron chi connectivity index (χ1n) is 7.28. The summed E-state index contributed by atoms with van der Waals surface area (Å²) in [7, 11) is 1.30. The van der Waals surface area contributed by atoms with Crippen LogP contribution < -0.4 is 0 Å². The minimum atomic E-state index is -1.88. The quantitative estimate of drug-likeness (QED) is 0.462. The second-order valence-electron chi connectivity index (χ2n) is 4.88. The molecular formula is C15H24F2O3Si. The summed E-state index contributed by atoms with van der Waals surface area (Å²) in [6, 6.07) is 3.78. The summed E-state index contributed by atoms with van der Waals surface area (Å²) < 4.78 is 41.7. The Morgan fingerprint density at radius 3 is 2.29 bits per heavy atom. The first kappa shape index (κ1) is 18.2. The molecule has 0 N–H and O–H groups in total. The molecular weight excluding hydrogens is 294 g/mol. The van der Waals surface area contributed by atoms with Gasteiger partial charge in [0.1, 0.15) is 11.6 Å². The molecule has 0 radical (unpaired) electrons. The highest BCUT2D eigenvalue weighted by Crippen LogP contribution is 2.14. The Bertz CT molecular complexity index is 401. The molecule has 0 amide bonds. The number of unbranched alkanes of at least 4 members (excludes halogenated alkanes) is 4. The zero-order chi connectivity index (χ0) is 15.5. The number of rotatable bonds is 11. The molecule has 0 aromatic heterocycles. The van der Waals surface area contributed by atoms with Gasteiger partial charge in [0.15, 0.2) is 0 Å². The summed E-state index contributed by atoms with van der Waals surface area (Å²) in [5.41, 5.74) is 0.591. The van der Waals surface area contributed by atoms with Crippen LogP contribution in [0.1, 0.15) is 37.7 Å². The van der Waals surface area contributed by atoms with Crippen LogP contribution in [-0.2, 0) is 19.7 Å². The maximum absolute atomic E-state index is 13.4. The van der Waals surface area contributed by atoms with Gasteiger partial charge in [0.2, 0.25) is 0 Å². The van der Waals surface area contributed by atoms with Gasteiger partial charge in [-0.25, -0.2) is 8.78 Å². The molecule has 0 aliphatic rings. The van der Waals surface area contributed by atoms with Crippen LogP contribution in [0.5, 0.6) is 0 Å². The van der Waals surface area contributed by atoms with Crippen molar-refractivity contribution >= 4 is 9.53 Å². The molecule has 21 heavy (non-hydrogen) atoms. The van der Waals surface area contributed by atoms with Crippen molar-refractivity contribution in [2.24, 2.45) is 0 Å². The van der Waals surface area contributed by atoms with Gasteiger partial charge in [-0.3, -0.25) is 0 Å². The third-order valence-corrected chi connectivity index (χ3v) is 4.52. The highest BCUT2D eigenvalue weighted by atomic mass is 28.3. The van der Waals surface area contributed by atoms with E-state index < -0.39 is 21.2 Å². The highest BCUT2D eigenvalue weighted by molar-refractivity contribution is 6.36. The maximum atomic E-state index is 13.4. The summed E-state index contributed by atoms with van der Waals surface area (Å²) in [5, 5.41) is 0. The van der Waals surface area contributed by atoms with Crippen molar-refractivity contribution in [1.29, 1.82) is 0 Å². The van der Waals surface area contributed by atoms with Gasteiger partial charge in [0.05, 0.1) is 0 Å². The maximum Gasteiger partial charge on any atom is 0.483 e. The van der Waals surface area contributed by atoms with Gasteiger partial charge in [-0.15, -0.1) is 0 Å². The highest BCUT2D eigenvalue weighted by Gasteiger charge is 2.09. The van der Waals surface area contributed by atoms with Crippen LogP contribution in [0.4, 0.5) is 8.78 Å². The second-order valence-corrected chi connectivity index (χ2v) is 6.74. The minimum Gasteiger partial charge on any atom is -0.379 e. The monoisotopic (exact) mass is 318 g/mol. The average molecular weight is 318 g/mol. The van der Waals surface area contributed by atoms with E-state index in [4.69, 9.17) is 13.3 Å². The van der Waals surface area contributed by atoms with Crippen LogP contribution >= 0.6 is 0 Å². The molecule has 0 saturated carbocycles. The fourth-order valence-electron chi connectivity index (χ4n) is 2.08. The first-order valence-corrected chi connectivity index (χ1v) is 8.70. The molecule has 1 aromatic carbocycles. The topological polar surface area (TPSA) is 27.7 Å². The third-order valence-electron chi connectivity index (χ3n) is 3.24. The van der Waals surface area contributed by atoms with Crippen molar-refractivity contribution in [2.45, 2.75) is 38.5 Å². The van der Waals surface area contributed by atoms with Gasteiger partial charge < -0.3 is 13.3 Å². The average Bonchev–Trinajstić information content (AvgIpc) is 2.47. The summed E-state index contributed by atoms with van der Waals surface area (Å²) in [6.45, 7) is 0.658. The fourth-order valence-corrected chi connectivity index (χ4v) is 2.91. The van der Waals surface area contributed by atoms with Crippen LogP contribution in [-0.4, -0.2) is 30.4 Å². The van der Waals surface area contributed by atoms with Gasteiger partial charge in [-0.1, -0.05) is 25.3 Å². The third kappa shape index (κ3) is 7.66. The van der Waals surface area contributed by atoms with E-state index in [1.54, 1.807) is 14.2 Å². The van der Waals surface area contributed by atoms with Crippen LogP contribution in [0.2, 0.25) is 0 Å². The van der Waals surface area contributed by atoms with Crippen molar-refractivity contribution in [3.05, 3.63) is 35.4 Å². The van der Waals surface area contributed by atoms with Crippen molar-refractivity contribution in [1.82, 2.24) is 0 Å². The van der Waals surface area contributed by atoms with E-state index in [2.05, 4.69) is 0 Å². The van der Waals surface area contributed by atoms with E-state index in [1.807, 2.05) is 0 Å². The molecule has 0 heterocycles. The van der Waals surface area contributed by atoms with Gasteiger partial charge in [0, 0.05) is 26.9 Å². The number of benzene rings is 1. The Labute approximate surface area is 127 Å². The van der Waals surface area contributed by atoms with E-state index in [0.29, 0.717) is 18.6 Å². The van der Waals surface area contributed by atoms with Crippen LogP contribution in [0.3, 0.4) is 0 Å². The molecule has 120 valence electrons.